The highest BCUT2D eigenvalue weighted by molar-refractivity contribution is 5.81. The van der Waals surface area contributed by atoms with Crippen LogP contribution < -0.4 is 10.6 Å². The van der Waals surface area contributed by atoms with Gasteiger partial charge in [-0.05, 0) is 31.2 Å². The fourth-order valence-electron chi connectivity index (χ4n) is 1.32. The van der Waals surface area contributed by atoms with Crippen LogP contribution in [0.15, 0.2) is 24.4 Å². The third kappa shape index (κ3) is 1.58. The zero-order valence-electron chi connectivity index (χ0n) is 7.16. The summed E-state index contributed by atoms with van der Waals surface area (Å²) in [5.41, 5.74) is -1.09. The Bertz CT molecular complexity index is 281. The lowest BCUT2D eigenvalue weighted by Crippen LogP contribution is -2.60. The van der Waals surface area contributed by atoms with Crippen molar-refractivity contribution < 1.29 is 9.90 Å². The summed E-state index contributed by atoms with van der Waals surface area (Å²) in [6.07, 6.45) is 8.91. The highest BCUT2D eigenvalue weighted by atomic mass is 16.4. The van der Waals surface area contributed by atoms with Crippen molar-refractivity contribution in [3.05, 3.63) is 24.4 Å². The van der Waals surface area contributed by atoms with E-state index < -0.39 is 11.6 Å². The van der Waals surface area contributed by atoms with Gasteiger partial charge >= 0.3 is 5.97 Å². The molecule has 3 N–H and O–H groups in total. The maximum Gasteiger partial charge on any atom is 0.348 e. The van der Waals surface area contributed by atoms with E-state index in [0.29, 0.717) is 6.04 Å². The van der Waals surface area contributed by atoms with Crippen LogP contribution in [-0.2, 0) is 4.79 Å². The molecule has 1 unspecified atom stereocenters. The summed E-state index contributed by atoms with van der Waals surface area (Å²) < 4.78 is 0. The molecule has 70 valence electrons. The lowest BCUT2D eigenvalue weighted by Gasteiger charge is -2.29. The first-order chi connectivity index (χ1) is 6.23. The smallest absolute Gasteiger partial charge is 0.348 e. The van der Waals surface area contributed by atoms with E-state index in [1.54, 1.807) is 24.4 Å². The second-order valence-corrected chi connectivity index (χ2v) is 3.39. The molecule has 1 saturated carbocycles. The molecule has 2 aliphatic rings. The maximum absolute atomic E-state index is 11.0. The topological polar surface area (TPSA) is 61.4 Å². The molecule has 1 aliphatic carbocycles. The Morgan fingerprint density at radius 3 is 2.77 bits per heavy atom. The highest BCUT2D eigenvalue weighted by Gasteiger charge is 2.40. The van der Waals surface area contributed by atoms with Gasteiger partial charge in [0.05, 0.1) is 0 Å². The van der Waals surface area contributed by atoms with Crippen LogP contribution in [0.2, 0.25) is 0 Å². The molecule has 1 heterocycles. The summed E-state index contributed by atoms with van der Waals surface area (Å²) in [7, 11) is 0. The van der Waals surface area contributed by atoms with Crippen molar-refractivity contribution in [2.45, 2.75) is 24.5 Å². The standard InChI is InChI=1S/C9H12N2O2/c12-8(13)9(11-7-3-4-7)5-1-2-6-10-9/h1-2,5-7,10-11H,3-4H2,(H,12,13). The summed E-state index contributed by atoms with van der Waals surface area (Å²) in [6, 6.07) is 0.347. The average molecular weight is 180 g/mol. The number of hydrogen-bond acceptors (Lipinski definition) is 3. The minimum absolute atomic E-state index is 0.347. The molecule has 4 heteroatoms. The number of carboxylic acids is 1. The van der Waals surface area contributed by atoms with Crippen molar-refractivity contribution in [3.63, 3.8) is 0 Å². The van der Waals surface area contributed by atoms with Crippen molar-refractivity contribution in [1.82, 2.24) is 10.6 Å². The molecule has 0 amide bonds. The monoisotopic (exact) mass is 180 g/mol. The lowest BCUT2D eigenvalue weighted by molar-refractivity contribution is -0.143. The second-order valence-electron chi connectivity index (χ2n) is 3.39. The Labute approximate surface area is 76.3 Å². The van der Waals surface area contributed by atoms with Crippen molar-refractivity contribution in [3.8, 4) is 0 Å². The third-order valence-corrected chi connectivity index (χ3v) is 2.21. The summed E-state index contributed by atoms with van der Waals surface area (Å²) in [5, 5.41) is 14.9. The van der Waals surface area contributed by atoms with Gasteiger partial charge in [0, 0.05) is 6.04 Å². The fraction of sp³-hybridized carbons (Fsp3) is 0.444. The van der Waals surface area contributed by atoms with Crippen LogP contribution in [0.25, 0.3) is 0 Å². The molecule has 0 saturated heterocycles. The predicted octanol–water partition coefficient (Wildman–Crippen LogP) is 0.192. The number of aliphatic carboxylic acids is 1. The predicted molar refractivity (Wildman–Crippen MR) is 47.9 cm³/mol. The van der Waals surface area contributed by atoms with Gasteiger partial charge in [-0.25, -0.2) is 4.79 Å². The average Bonchev–Trinajstić information content (AvgIpc) is 2.90. The summed E-state index contributed by atoms with van der Waals surface area (Å²) in [4.78, 5) is 11.0. The Morgan fingerprint density at radius 1 is 1.54 bits per heavy atom. The number of dihydropyridines is 1. The van der Waals surface area contributed by atoms with Crippen LogP contribution in [0.5, 0.6) is 0 Å². The van der Waals surface area contributed by atoms with E-state index in [4.69, 9.17) is 5.11 Å². The Hall–Kier alpha value is -1.29. The van der Waals surface area contributed by atoms with E-state index in [2.05, 4.69) is 10.6 Å². The summed E-state index contributed by atoms with van der Waals surface area (Å²) in [5.74, 6) is -0.889. The Kier molecular flexibility index (Phi) is 1.84. The van der Waals surface area contributed by atoms with E-state index in [1.807, 2.05) is 0 Å². The lowest BCUT2D eigenvalue weighted by atomic mass is 10.1. The van der Waals surface area contributed by atoms with Gasteiger partial charge in [0.1, 0.15) is 0 Å². The van der Waals surface area contributed by atoms with Gasteiger partial charge in [0.2, 0.25) is 5.66 Å². The van der Waals surface area contributed by atoms with Gasteiger partial charge in [-0.2, -0.15) is 0 Å². The molecule has 2 rings (SSSR count). The number of allylic oxidation sites excluding steroid dienone is 2. The molecular weight excluding hydrogens is 168 g/mol. The molecule has 0 spiro atoms. The number of carbonyl (C=O) groups is 1. The van der Waals surface area contributed by atoms with Crippen molar-refractivity contribution >= 4 is 5.97 Å². The van der Waals surface area contributed by atoms with Crippen LogP contribution in [0, 0.1) is 0 Å². The SMILES string of the molecule is O=C(O)C1(NC2CC2)C=CC=CN1. The molecule has 1 atom stereocenters. The maximum atomic E-state index is 11.0. The largest absolute Gasteiger partial charge is 0.478 e. The molecule has 1 aliphatic heterocycles. The number of rotatable bonds is 3. The van der Waals surface area contributed by atoms with Crippen LogP contribution >= 0.6 is 0 Å². The quantitative estimate of drug-likeness (QED) is 0.580. The van der Waals surface area contributed by atoms with E-state index in [-0.39, 0.29) is 0 Å². The van der Waals surface area contributed by atoms with E-state index in [1.165, 1.54) is 0 Å². The second kappa shape index (κ2) is 2.88. The zero-order valence-corrected chi connectivity index (χ0v) is 7.16. The molecule has 0 aromatic carbocycles. The first kappa shape index (κ1) is 8.31. The van der Waals surface area contributed by atoms with Gasteiger partial charge in [-0.3, -0.25) is 5.32 Å². The molecule has 0 aromatic heterocycles. The third-order valence-electron chi connectivity index (χ3n) is 2.21. The highest BCUT2D eigenvalue weighted by Crippen LogP contribution is 2.23. The van der Waals surface area contributed by atoms with Crippen LogP contribution in [0.1, 0.15) is 12.8 Å². The van der Waals surface area contributed by atoms with Crippen LogP contribution in [0.3, 0.4) is 0 Å². The molecular formula is C9H12N2O2. The van der Waals surface area contributed by atoms with E-state index >= 15 is 0 Å². The molecule has 4 nitrogen and oxygen atoms in total. The van der Waals surface area contributed by atoms with Crippen LogP contribution in [-0.4, -0.2) is 22.8 Å². The minimum Gasteiger partial charge on any atom is -0.478 e. The van der Waals surface area contributed by atoms with Crippen molar-refractivity contribution in [1.29, 1.82) is 0 Å². The molecule has 0 radical (unpaired) electrons. The first-order valence-corrected chi connectivity index (χ1v) is 4.36. The number of carboxylic acid groups (broad SMARTS) is 1. The minimum atomic E-state index is -1.09. The zero-order chi connectivity index (χ0) is 9.31. The number of hydrogen-bond donors (Lipinski definition) is 3. The Morgan fingerprint density at radius 2 is 2.31 bits per heavy atom. The van der Waals surface area contributed by atoms with Crippen molar-refractivity contribution in [2.75, 3.05) is 0 Å². The van der Waals surface area contributed by atoms with Gasteiger partial charge in [-0.1, -0.05) is 6.08 Å². The fourth-order valence-corrected chi connectivity index (χ4v) is 1.32. The van der Waals surface area contributed by atoms with E-state index in [9.17, 15) is 4.79 Å². The molecule has 0 aromatic rings. The summed E-state index contributed by atoms with van der Waals surface area (Å²) >= 11 is 0. The van der Waals surface area contributed by atoms with Gasteiger partial charge in [0.15, 0.2) is 0 Å². The van der Waals surface area contributed by atoms with Crippen molar-refractivity contribution in [2.24, 2.45) is 0 Å². The Balaban J connectivity index is 2.14. The molecule has 13 heavy (non-hydrogen) atoms. The van der Waals surface area contributed by atoms with Gasteiger partial charge in [0.25, 0.3) is 0 Å². The molecule has 0 bridgehead atoms. The number of nitrogens with one attached hydrogen (secondary N) is 2. The first-order valence-electron chi connectivity index (χ1n) is 4.36. The van der Waals surface area contributed by atoms with E-state index in [0.717, 1.165) is 12.8 Å². The van der Waals surface area contributed by atoms with Gasteiger partial charge < -0.3 is 10.4 Å². The normalized spacial score (nSPS) is 31.4. The summed E-state index contributed by atoms with van der Waals surface area (Å²) in [6.45, 7) is 0. The van der Waals surface area contributed by atoms with Gasteiger partial charge in [-0.15, -0.1) is 0 Å². The van der Waals surface area contributed by atoms with Crippen LogP contribution in [0.4, 0.5) is 0 Å². The molecule has 1 fully saturated rings.